The van der Waals surface area contributed by atoms with E-state index in [1.165, 1.54) is 5.56 Å². The number of carboxylic acid groups (broad SMARTS) is 1. The molecule has 1 fully saturated rings. The first kappa shape index (κ1) is 29.9. The van der Waals surface area contributed by atoms with E-state index in [9.17, 15) is 19.4 Å². The molecule has 3 N–H and O–H groups in total. The molecule has 0 amide bonds. The fourth-order valence-corrected chi connectivity index (χ4v) is 8.26. The fourth-order valence-electron chi connectivity index (χ4n) is 8.07. The maximum atomic E-state index is 14.4. The van der Waals surface area contributed by atoms with Crippen LogP contribution in [0.25, 0.3) is 0 Å². The Hall–Kier alpha value is -3.16. The number of carboxylic acids is 1. The highest BCUT2D eigenvalue weighted by Gasteiger charge is 2.54. The standard InChI is InChI=1S/C35H40ClFN2O4/c1-21(20-43-30-10-15-38-32-29(40)9-6-22(2)31(30)32)16-24-17-23-18-26(37)7-8-28(23)34(24)11-13-35(14-12-34,33(41)42)39-27-5-3-4-25(36)19-27/h3-5,7-8,10,15,18-19,21-22,24,29,39-40H,6,9,11-14,16-17,20H2,1-2H3,(H,41,42)/t21-,22-,24?,29-,34?,35?/m1/s1. The first-order valence-corrected chi connectivity index (χ1v) is 15.8. The van der Waals surface area contributed by atoms with E-state index in [4.69, 9.17) is 16.3 Å². The van der Waals surface area contributed by atoms with E-state index in [2.05, 4.69) is 24.1 Å². The van der Waals surface area contributed by atoms with Crippen molar-refractivity contribution in [2.24, 2.45) is 11.8 Å². The van der Waals surface area contributed by atoms with Gasteiger partial charge in [-0.05, 0) is 122 Å². The van der Waals surface area contributed by atoms with Crippen molar-refractivity contribution in [3.8, 4) is 5.75 Å². The van der Waals surface area contributed by atoms with Crippen molar-refractivity contribution in [1.29, 1.82) is 0 Å². The summed E-state index contributed by atoms with van der Waals surface area (Å²) in [6.45, 7) is 4.86. The predicted octanol–water partition coefficient (Wildman–Crippen LogP) is 7.83. The van der Waals surface area contributed by atoms with Crippen molar-refractivity contribution in [2.45, 2.75) is 88.2 Å². The molecule has 0 bridgehead atoms. The number of rotatable bonds is 8. The smallest absolute Gasteiger partial charge is 0.329 e. The zero-order valence-electron chi connectivity index (χ0n) is 24.8. The number of aliphatic carboxylic acids is 1. The lowest BCUT2D eigenvalue weighted by molar-refractivity contribution is -0.144. The summed E-state index contributed by atoms with van der Waals surface area (Å²) in [6.07, 6.45) is 6.71. The van der Waals surface area contributed by atoms with E-state index in [1.807, 2.05) is 24.3 Å². The third-order valence-electron chi connectivity index (χ3n) is 10.3. The van der Waals surface area contributed by atoms with Gasteiger partial charge in [0.1, 0.15) is 17.1 Å². The molecule has 1 saturated carbocycles. The van der Waals surface area contributed by atoms with Crippen LogP contribution in [0.5, 0.6) is 5.75 Å². The van der Waals surface area contributed by atoms with Gasteiger partial charge in [-0.2, -0.15) is 0 Å². The van der Waals surface area contributed by atoms with Gasteiger partial charge in [0, 0.05) is 22.5 Å². The Labute approximate surface area is 257 Å². The lowest BCUT2D eigenvalue weighted by atomic mass is 9.59. The maximum Gasteiger partial charge on any atom is 0.329 e. The monoisotopic (exact) mass is 606 g/mol. The highest BCUT2D eigenvalue weighted by atomic mass is 35.5. The number of carbonyl (C=O) groups is 1. The number of nitrogens with zero attached hydrogens (tertiary/aromatic N) is 1. The van der Waals surface area contributed by atoms with Crippen molar-refractivity contribution in [3.05, 3.63) is 88.0 Å². The maximum absolute atomic E-state index is 14.4. The summed E-state index contributed by atoms with van der Waals surface area (Å²) in [5.41, 5.74) is 3.32. The number of aliphatic hydroxyl groups excluding tert-OH is 1. The zero-order valence-corrected chi connectivity index (χ0v) is 25.5. The van der Waals surface area contributed by atoms with Crippen LogP contribution in [0.2, 0.25) is 5.02 Å². The highest BCUT2D eigenvalue weighted by molar-refractivity contribution is 6.30. The van der Waals surface area contributed by atoms with Crippen LogP contribution in [0, 0.1) is 17.7 Å². The minimum absolute atomic E-state index is 0.212. The van der Waals surface area contributed by atoms with Gasteiger partial charge in [-0.1, -0.05) is 37.6 Å². The van der Waals surface area contributed by atoms with E-state index < -0.39 is 17.6 Å². The van der Waals surface area contributed by atoms with Crippen LogP contribution < -0.4 is 10.1 Å². The average molecular weight is 607 g/mol. The molecule has 43 heavy (non-hydrogen) atoms. The van der Waals surface area contributed by atoms with Crippen LogP contribution in [0.15, 0.2) is 54.7 Å². The third-order valence-corrected chi connectivity index (χ3v) is 10.6. The first-order valence-electron chi connectivity index (χ1n) is 15.5. The van der Waals surface area contributed by atoms with Crippen molar-refractivity contribution < 1.29 is 24.1 Å². The number of hydrogen-bond acceptors (Lipinski definition) is 5. The summed E-state index contributed by atoms with van der Waals surface area (Å²) in [5, 5.41) is 24.8. The summed E-state index contributed by atoms with van der Waals surface area (Å²) in [4.78, 5) is 17.2. The molecule has 1 unspecified atom stereocenters. The number of hydrogen-bond donors (Lipinski definition) is 3. The molecule has 3 aliphatic rings. The molecule has 1 heterocycles. The third kappa shape index (κ3) is 5.62. The molecule has 6 rings (SSSR count). The minimum atomic E-state index is -1.10. The van der Waals surface area contributed by atoms with Crippen molar-refractivity contribution in [3.63, 3.8) is 0 Å². The molecule has 3 aromatic rings. The van der Waals surface area contributed by atoms with Crippen LogP contribution in [0.4, 0.5) is 10.1 Å². The summed E-state index contributed by atoms with van der Waals surface area (Å²) in [5.74, 6) is 0.432. The van der Waals surface area contributed by atoms with Crippen molar-refractivity contribution >= 4 is 23.3 Å². The summed E-state index contributed by atoms with van der Waals surface area (Å²) in [7, 11) is 0. The Bertz CT molecular complexity index is 1500. The molecular formula is C35H40ClFN2O4. The molecule has 0 aliphatic heterocycles. The van der Waals surface area contributed by atoms with Gasteiger partial charge in [0.25, 0.3) is 0 Å². The molecule has 4 atom stereocenters. The molecule has 3 aliphatic carbocycles. The molecule has 8 heteroatoms. The van der Waals surface area contributed by atoms with Gasteiger partial charge >= 0.3 is 5.97 Å². The molecule has 6 nitrogen and oxygen atoms in total. The van der Waals surface area contributed by atoms with Crippen molar-refractivity contribution in [2.75, 3.05) is 11.9 Å². The van der Waals surface area contributed by atoms with Crippen LogP contribution in [0.3, 0.4) is 0 Å². The van der Waals surface area contributed by atoms with Gasteiger partial charge in [0.15, 0.2) is 0 Å². The van der Waals surface area contributed by atoms with E-state index >= 15 is 0 Å². The summed E-state index contributed by atoms with van der Waals surface area (Å²) >= 11 is 6.19. The SMILES string of the molecule is C[C@@H](COc1ccnc2c1[C@H](C)CC[C@H]2O)CC1Cc2cc(F)ccc2C12CCC(Nc1cccc(Cl)c1)(C(=O)O)CC2. The number of anilines is 1. The quantitative estimate of drug-likeness (QED) is 0.242. The molecule has 228 valence electrons. The number of fused-ring (bicyclic) bond motifs is 3. The van der Waals surface area contributed by atoms with E-state index in [1.54, 1.807) is 30.5 Å². The predicted molar refractivity (Wildman–Crippen MR) is 165 cm³/mol. The Kier molecular flexibility index (Phi) is 8.16. The number of ether oxygens (including phenoxy) is 1. The van der Waals surface area contributed by atoms with Gasteiger partial charge in [-0.3, -0.25) is 4.98 Å². The van der Waals surface area contributed by atoms with Gasteiger partial charge in [0.2, 0.25) is 0 Å². The minimum Gasteiger partial charge on any atom is -0.493 e. The fraction of sp³-hybridized carbons (Fsp3) is 0.486. The van der Waals surface area contributed by atoms with Gasteiger partial charge in [0.05, 0.1) is 18.4 Å². The number of nitrogens with one attached hydrogen (secondary N) is 1. The zero-order chi connectivity index (χ0) is 30.4. The second-order valence-corrected chi connectivity index (χ2v) is 13.6. The topological polar surface area (TPSA) is 91.7 Å². The lowest BCUT2D eigenvalue weighted by Gasteiger charge is -2.47. The Morgan fingerprint density at radius 1 is 1.16 bits per heavy atom. The lowest BCUT2D eigenvalue weighted by Crippen LogP contribution is -2.53. The second-order valence-electron chi connectivity index (χ2n) is 13.1. The van der Waals surface area contributed by atoms with E-state index in [0.717, 1.165) is 41.8 Å². The molecule has 0 radical (unpaired) electrons. The van der Waals surface area contributed by atoms with Gasteiger partial charge in [-0.25, -0.2) is 9.18 Å². The Morgan fingerprint density at radius 2 is 1.95 bits per heavy atom. The summed E-state index contributed by atoms with van der Waals surface area (Å²) < 4.78 is 20.8. The molecule has 2 aromatic carbocycles. The number of benzene rings is 2. The summed E-state index contributed by atoms with van der Waals surface area (Å²) in [6, 6.07) is 14.2. The molecule has 1 aromatic heterocycles. The number of aromatic nitrogens is 1. The second kappa shape index (κ2) is 11.7. The first-order chi connectivity index (χ1) is 20.6. The molecule has 1 spiro atoms. The Morgan fingerprint density at radius 3 is 2.70 bits per heavy atom. The van der Waals surface area contributed by atoms with Gasteiger partial charge < -0.3 is 20.3 Å². The van der Waals surface area contributed by atoms with Crippen LogP contribution in [0.1, 0.15) is 93.2 Å². The van der Waals surface area contributed by atoms with Crippen LogP contribution in [-0.4, -0.2) is 33.3 Å². The number of halogens is 2. The largest absolute Gasteiger partial charge is 0.493 e. The number of aliphatic hydroxyl groups is 1. The average Bonchev–Trinajstić information content (AvgIpc) is 3.26. The van der Waals surface area contributed by atoms with E-state index in [-0.39, 0.29) is 29.0 Å². The van der Waals surface area contributed by atoms with Crippen LogP contribution in [-0.2, 0) is 16.6 Å². The normalized spacial score (nSPS) is 28.6. The highest BCUT2D eigenvalue weighted by Crippen LogP contribution is 2.56. The number of pyridine rings is 1. The molecular weight excluding hydrogens is 567 g/mol. The van der Waals surface area contributed by atoms with E-state index in [0.29, 0.717) is 49.4 Å². The van der Waals surface area contributed by atoms with Crippen molar-refractivity contribution in [1.82, 2.24) is 4.98 Å². The van der Waals surface area contributed by atoms with Crippen LogP contribution >= 0.6 is 11.6 Å². The Balaban J connectivity index is 1.21. The van der Waals surface area contributed by atoms with Gasteiger partial charge in [-0.15, -0.1) is 0 Å². The molecule has 0 saturated heterocycles.